The lowest BCUT2D eigenvalue weighted by atomic mass is 9.95. The number of nitrogens with zero attached hydrogens (tertiary/aromatic N) is 2. The minimum Gasteiger partial charge on any atom is -0.313 e. The van der Waals surface area contributed by atoms with Gasteiger partial charge in [-0.2, -0.15) is 0 Å². The maximum absolute atomic E-state index is 3.73. The van der Waals surface area contributed by atoms with Crippen LogP contribution in [-0.4, -0.2) is 62.7 Å². The van der Waals surface area contributed by atoms with E-state index >= 15 is 0 Å². The molecular weight excluding hydrogens is 222 g/mol. The summed E-state index contributed by atoms with van der Waals surface area (Å²) < 4.78 is 0. The average Bonchev–Trinajstić information content (AvgIpc) is 2.76. The Balaban J connectivity index is 1.52. The molecule has 2 fully saturated rings. The van der Waals surface area contributed by atoms with Gasteiger partial charge in [0.15, 0.2) is 0 Å². The molecule has 2 aliphatic rings. The van der Waals surface area contributed by atoms with Crippen molar-refractivity contribution in [1.82, 2.24) is 15.1 Å². The van der Waals surface area contributed by atoms with Crippen LogP contribution in [0.1, 0.15) is 38.5 Å². The van der Waals surface area contributed by atoms with Crippen LogP contribution in [0.2, 0.25) is 0 Å². The van der Waals surface area contributed by atoms with Gasteiger partial charge in [0.25, 0.3) is 0 Å². The molecule has 3 heteroatoms. The Morgan fingerprint density at radius 1 is 1.17 bits per heavy atom. The van der Waals surface area contributed by atoms with Gasteiger partial charge in [-0.3, -0.25) is 0 Å². The van der Waals surface area contributed by atoms with Crippen molar-refractivity contribution in [3.8, 4) is 0 Å². The third kappa shape index (κ3) is 4.87. The van der Waals surface area contributed by atoms with Crippen LogP contribution in [-0.2, 0) is 0 Å². The summed E-state index contributed by atoms with van der Waals surface area (Å²) in [7, 11) is 4.52. The van der Waals surface area contributed by atoms with Gasteiger partial charge >= 0.3 is 0 Å². The van der Waals surface area contributed by atoms with Crippen molar-refractivity contribution in [1.29, 1.82) is 0 Å². The van der Waals surface area contributed by atoms with E-state index in [0.29, 0.717) is 0 Å². The molecule has 1 aliphatic heterocycles. The fraction of sp³-hybridized carbons (Fsp3) is 1.00. The fourth-order valence-electron chi connectivity index (χ4n) is 3.47. The molecule has 0 amide bonds. The molecule has 0 aromatic rings. The van der Waals surface area contributed by atoms with Gasteiger partial charge in [-0.1, -0.05) is 19.3 Å². The van der Waals surface area contributed by atoms with Crippen molar-refractivity contribution in [3.05, 3.63) is 0 Å². The molecule has 1 aliphatic carbocycles. The standard InChI is InChI=1S/C15H31N3/c1-17-10-8-14(12-17)13-18(2)11-9-16-15-6-4-3-5-7-15/h14-16H,3-13H2,1-2H3. The van der Waals surface area contributed by atoms with Crippen molar-refractivity contribution in [2.75, 3.05) is 46.8 Å². The molecule has 0 bridgehead atoms. The second-order valence-electron chi connectivity index (χ2n) is 6.47. The van der Waals surface area contributed by atoms with Gasteiger partial charge in [0.05, 0.1) is 0 Å². The summed E-state index contributed by atoms with van der Waals surface area (Å²) in [6, 6.07) is 0.810. The average molecular weight is 253 g/mol. The molecule has 0 aromatic heterocycles. The first kappa shape index (κ1) is 14.3. The number of hydrogen-bond acceptors (Lipinski definition) is 3. The molecule has 18 heavy (non-hydrogen) atoms. The molecule has 1 unspecified atom stereocenters. The molecule has 1 saturated heterocycles. The second kappa shape index (κ2) is 7.46. The summed E-state index contributed by atoms with van der Waals surface area (Å²) in [5.74, 6) is 0.898. The van der Waals surface area contributed by atoms with Crippen molar-refractivity contribution < 1.29 is 0 Å². The van der Waals surface area contributed by atoms with Crippen molar-refractivity contribution >= 4 is 0 Å². The highest BCUT2D eigenvalue weighted by Gasteiger charge is 2.20. The highest BCUT2D eigenvalue weighted by Crippen LogP contribution is 2.17. The zero-order valence-corrected chi connectivity index (χ0v) is 12.3. The summed E-state index contributed by atoms with van der Waals surface area (Å²) in [5, 5.41) is 3.73. The third-order valence-corrected chi connectivity index (χ3v) is 4.59. The number of hydrogen-bond donors (Lipinski definition) is 1. The predicted octanol–water partition coefficient (Wildman–Crippen LogP) is 1.79. The lowest BCUT2D eigenvalue weighted by Crippen LogP contribution is -2.38. The number of likely N-dealkylation sites (tertiary alicyclic amines) is 1. The van der Waals surface area contributed by atoms with Gasteiger partial charge in [-0.25, -0.2) is 0 Å². The molecule has 0 radical (unpaired) electrons. The van der Waals surface area contributed by atoms with E-state index in [1.165, 1.54) is 71.2 Å². The minimum atomic E-state index is 0.810. The molecule has 0 aromatic carbocycles. The van der Waals surface area contributed by atoms with Crippen molar-refractivity contribution in [3.63, 3.8) is 0 Å². The predicted molar refractivity (Wildman–Crippen MR) is 78.0 cm³/mol. The maximum atomic E-state index is 3.73. The molecule has 1 N–H and O–H groups in total. The summed E-state index contributed by atoms with van der Waals surface area (Å²) in [6.45, 7) is 6.23. The Morgan fingerprint density at radius 2 is 1.94 bits per heavy atom. The Kier molecular flexibility index (Phi) is 5.93. The van der Waals surface area contributed by atoms with Crippen LogP contribution in [0.25, 0.3) is 0 Å². The Labute approximate surface area is 113 Å². The monoisotopic (exact) mass is 253 g/mol. The van der Waals surface area contributed by atoms with Gasteiger partial charge in [0.1, 0.15) is 0 Å². The zero-order chi connectivity index (χ0) is 12.8. The summed E-state index contributed by atoms with van der Waals surface area (Å²) in [5.41, 5.74) is 0. The molecule has 2 rings (SSSR count). The summed E-state index contributed by atoms with van der Waals surface area (Å²) in [4.78, 5) is 4.97. The minimum absolute atomic E-state index is 0.810. The second-order valence-corrected chi connectivity index (χ2v) is 6.47. The van der Waals surface area contributed by atoms with E-state index in [1.54, 1.807) is 0 Å². The van der Waals surface area contributed by atoms with Crippen LogP contribution in [0, 0.1) is 5.92 Å². The van der Waals surface area contributed by atoms with E-state index in [-0.39, 0.29) is 0 Å². The van der Waals surface area contributed by atoms with Gasteiger partial charge in [-0.05, 0) is 45.8 Å². The zero-order valence-electron chi connectivity index (χ0n) is 12.3. The number of rotatable bonds is 6. The lowest BCUT2D eigenvalue weighted by molar-refractivity contribution is 0.263. The van der Waals surface area contributed by atoms with E-state index in [0.717, 1.165) is 12.0 Å². The molecular formula is C15H31N3. The van der Waals surface area contributed by atoms with Crippen LogP contribution in [0.3, 0.4) is 0 Å². The number of likely N-dealkylation sites (N-methyl/N-ethyl adjacent to an activating group) is 1. The van der Waals surface area contributed by atoms with Crippen molar-refractivity contribution in [2.24, 2.45) is 5.92 Å². The largest absolute Gasteiger partial charge is 0.313 e. The highest BCUT2D eigenvalue weighted by atomic mass is 15.2. The lowest BCUT2D eigenvalue weighted by Gasteiger charge is -2.25. The maximum Gasteiger partial charge on any atom is 0.0104 e. The smallest absolute Gasteiger partial charge is 0.0104 e. The highest BCUT2D eigenvalue weighted by molar-refractivity contribution is 4.76. The van der Waals surface area contributed by atoms with Crippen molar-refractivity contribution in [2.45, 2.75) is 44.6 Å². The van der Waals surface area contributed by atoms with E-state index in [4.69, 9.17) is 0 Å². The first-order valence-electron chi connectivity index (χ1n) is 7.84. The first-order chi connectivity index (χ1) is 8.74. The Hall–Kier alpha value is -0.120. The third-order valence-electron chi connectivity index (χ3n) is 4.59. The van der Waals surface area contributed by atoms with Gasteiger partial charge in [0.2, 0.25) is 0 Å². The molecule has 0 spiro atoms. The van der Waals surface area contributed by atoms with E-state index in [9.17, 15) is 0 Å². The van der Waals surface area contributed by atoms with Crippen LogP contribution in [0.5, 0.6) is 0 Å². The first-order valence-corrected chi connectivity index (χ1v) is 7.84. The Bertz CT molecular complexity index is 226. The fourth-order valence-corrected chi connectivity index (χ4v) is 3.47. The Morgan fingerprint density at radius 3 is 2.61 bits per heavy atom. The van der Waals surface area contributed by atoms with E-state index < -0.39 is 0 Å². The van der Waals surface area contributed by atoms with Crippen LogP contribution in [0.4, 0.5) is 0 Å². The van der Waals surface area contributed by atoms with Gasteiger partial charge < -0.3 is 15.1 Å². The molecule has 1 atom stereocenters. The van der Waals surface area contributed by atoms with Gasteiger partial charge in [-0.15, -0.1) is 0 Å². The van der Waals surface area contributed by atoms with E-state index in [1.807, 2.05) is 0 Å². The topological polar surface area (TPSA) is 18.5 Å². The van der Waals surface area contributed by atoms with E-state index in [2.05, 4.69) is 29.2 Å². The quantitative estimate of drug-likeness (QED) is 0.778. The van der Waals surface area contributed by atoms with Crippen LogP contribution < -0.4 is 5.32 Å². The van der Waals surface area contributed by atoms with Gasteiger partial charge in [0, 0.05) is 32.2 Å². The van der Waals surface area contributed by atoms with Crippen LogP contribution >= 0.6 is 0 Å². The molecule has 1 saturated carbocycles. The SMILES string of the molecule is CN(CCNC1CCCCC1)CC1CCN(C)C1. The normalized spacial score (nSPS) is 27.2. The summed E-state index contributed by atoms with van der Waals surface area (Å²) >= 11 is 0. The molecule has 106 valence electrons. The number of nitrogens with one attached hydrogen (secondary N) is 1. The van der Waals surface area contributed by atoms with Crippen LogP contribution in [0.15, 0.2) is 0 Å². The molecule has 1 heterocycles. The molecule has 3 nitrogen and oxygen atoms in total. The summed E-state index contributed by atoms with van der Waals surface area (Å²) in [6.07, 6.45) is 8.50.